The molecule has 120 valence electrons. The molecule has 2 amide bonds. The second-order valence-corrected chi connectivity index (χ2v) is 6.54. The number of amides is 2. The fourth-order valence-electron chi connectivity index (χ4n) is 2.59. The molecule has 4 heteroatoms. The minimum absolute atomic E-state index is 0.0409. The highest BCUT2D eigenvalue weighted by molar-refractivity contribution is 5.75. The van der Waals surface area contributed by atoms with E-state index >= 15 is 0 Å². The van der Waals surface area contributed by atoms with E-state index in [1.807, 2.05) is 50.8 Å². The summed E-state index contributed by atoms with van der Waals surface area (Å²) in [5.74, 6) is 0. The zero-order valence-corrected chi connectivity index (χ0v) is 14.0. The van der Waals surface area contributed by atoms with Crippen molar-refractivity contribution in [3.63, 3.8) is 0 Å². The third-order valence-corrected chi connectivity index (χ3v) is 4.02. The molecule has 0 aliphatic carbocycles. The lowest BCUT2D eigenvalue weighted by atomic mass is 9.92. The van der Waals surface area contributed by atoms with Gasteiger partial charge in [-0.1, -0.05) is 30.4 Å². The highest BCUT2D eigenvalue weighted by Crippen LogP contribution is 2.24. The summed E-state index contributed by atoms with van der Waals surface area (Å²) in [6.45, 7) is 13.9. The van der Waals surface area contributed by atoms with E-state index in [2.05, 4.69) is 18.0 Å². The predicted octanol–water partition coefficient (Wildman–Crippen LogP) is 3.39. The number of hydrogen-bond acceptors (Lipinski definition) is 2. The minimum Gasteiger partial charge on any atom is -0.375 e. The van der Waals surface area contributed by atoms with Crippen molar-refractivity contribution in [3.05, 3.63) is 42.0 Å². The van der Waals surface area contributed by atoms with Crippen LogP contribution in [-0.2, 0) is 10.3 Å². The largest absolute Gasteiger partial charge is 0.375 e. The van der Waals surface area contributed by atoms with Crippen molar-refractivity contribution in [2.75, 3.05) is 19.7 Å². The van der Waals surface area contributed by atoms with Crippen LogP contribution < -0.4 is 5.32 Å². The third-order valence-electron chi connectivity index (χ3n) is 4.02. The number of urea groups is 1. The minimum atomic E-state index is -0.440. The molecule has 2 rings (SSSR count). The number of nitrogens with zero attached hydrogens (tertiary/aromatic N) is 1. The Morgan fingerprint density at radius 3 is 2.82 bits per heavy atom. The lowest BCUT2D eigenvalue weighted by Gasteiger charge is -2.35. The Hall–Kier alpha value is -1.81. The maximum atomic E-state index is 12.5. The van der Waals surface area contributed by atoms with E-state index < -0.39 is 5.54 Å². The molecule has 1 aliphatic heterocycles. The Balaban J connectivity index is 2.11. The molecule has 1 atom stereocenters. The van der Waals surface area contributed by atoms with Gasteiger partial charge in [0.2, 0.25) is 0 Å². The van der Waals surface area contributed by atoms with E-state index in [4.69, 9.17) is 4.74 Å². The van der Waals surface area contributed by atoms with Crippen molar-refractivity contribution in [1.29, 1.82) is 0 Å². The maximum absolute atomic E-state index is 12.5. The molecule has 1 unspecified atom stereocenters. The maximum Gasteiger partial charge on any atom is 0.318 e. The first kappa shape index (κ1) is 16.6. The van der Waals surface area contributed by atoms with Crippen LogP contribution >= 0.6 is 0 Å². The molecule has 1 fully saturated rings. The summed E-state index contributed by atoms with van der Waals surface area (Å²) in [4.78, 5) is 14.3. The molecule has 0 aromatic heterocycles. The normalized spacial score (nSPS) is 18.9. The van der Waals surface area contributed by atoms with Gasteiger partial charge >= 0.3 is 6.03 Å². The Morgan fingerprint density at radius 1 is 1.45 bits per heavy atom. The number of rotatable bonds is 3. The van der Waals surface area contributed by atoms with Crippen molar-refractivity contribution >= 4 is 11.6 Å². The Kier molecular flexibility index (Phi) is 4.91. The fraction of sp³-hybridized carbons (Fsp3) is 0.500. The molecule has 0 spiro atoms. The summed E-state index contributed by atoms with van der Waals surface area (Å²) >= 11 is 0. The SMILES string of the molecule is C=C(C)c1cccc(C(C)(C)NC(=O)N2CCOC(C)C2)c1. The average Bonchev–Trinajstić information content (AvgIpc) is 2.47. The molecule has 1 aromatic rings. The van der Waals surface area contributed by atoms with Gasteiger partial charge in [-0.3, -0.25) is 0 Å². The first-order valence-electron chi connectivity index (χ1n) is 7.75. The predicted molar refractivity (Wildman–Crippen MR) is 89.7 cm³/mol. The number of hydrogen-bond donors (Lipinski definition) is 1. The summed E-state index contributed by atoms with van der Waals surface area (Å²) in [7, 11) is 0. The van der Waals surface area contributed by atoms with Gasteiger partial charge in [-0.15, -0.1) is 0 Å². The Bertz CT molecular complexity index is 566. The first-order chi connectivity index (χ1) is 10.3. The second kappa shape index (κ2) is 6.53. The van der Waals surface area contributed by atoms with Crippen molar-refractivity contribution in [2.45, 2.75) is 39.3 Å². The number of ether oxygens (including phenoxy) is 1. The molecule has 0 bridgehead atoms. The molecule has 1 aliphatic rings. The third kappa shape index (κ3) is 3.89. The molecule has 4 nitrogen and oxygen atoms in total. The van der Waals surface area contributed by atoms with Crippen LogP contribution in [0.4, 0.5) is 4.79 Å². The summed E-state index contributed by atoms with van der Waals surface area (Å²) < 4.78 is 5.48. The second-order valence-electron chi connectivity index (χ2n) is 6.54. The van der Waals surface area contributed by atoms with E-state index in [0.717, 1.165) is 16.7 Å². The number of allylic oxidation sites excluding steroid dienone is 1. The molecule has 0 radical (unpaired) electrons. The van der Waals surface area contributed by atoms with E-state index in [-0.39, 0.29) is 12.1 Å². The quantitative estimate of drug-likeness (QED) is 0.930. The van der Waals surface area contributed by atoms with Gasteiger partial charge < -0.3 is 15.0 Å². The Morgan fingerprint density at radius 2 is 2.18 bits per heavy atom. The zero-order valence-electron chi connectivity index (χ0n) is 14.0. The number of morpholine rings is 1. The summed E-state index contributed by atoms with van der Waals surface area (Å²) in [5, 5.41) is 3.13. The van der Waals surface area contributed by atoms with E-state index in [1.54, 1.807) is 0 Å². The Labute approximate surface area is 133 Å². The first-order valence-corrected chi connectivity index (χ1v) is 7.75. The van der Waals surface area contributed by atoms with Crippen LogP contribution in [0.3, 0.4) is 0 Å². The highest BCUT2D eigenvalue weighted by atomic mass is 16.5. The molecular weight excluding hydrogens is 276 g/mol. The van der Waals surface area contributed by atoms with E-state index in [0.29, 0.717) is 19.7 Å². The van der Waals surface area contributed by atoms with Crippen LogP contribution in [0.15, 0.2) is 30.8 Å². The molecule has 1 N–H and O–H groups in total. The average molecular weight is 302 g/mol. The molecule has 1 heterocycles. The molecule has 22 heavy (non-hydrogen) atoms. The van der Waals surface area contributed by atoms with Gasteiger partial charge in [-0.05, 0) is 44.9 Å². The zero-order chi connectivity index (χ0) is 16.3. The summed E-state index contributed by atoms with van der Waals surface area (Å²) in [6, 6.07) is 8.12. The number of benzene rings is 1. The number of carbonyl (C=O) groups is 1. The molecule has 1 aromatic carbocycles. The topological polar surface area (TPSA) is 41.6 Å². The van der Waals surface area contributed by atoms with Crippen molar-refractivity contribution in [1.82, 2.24) is 10.2 Å². The smallest absolute Gasteiger partial charge is 0.318 e. The van der Waals surface area contributed by atoms with Gasteiger partial charge in [0.1, 0.15) is 0 Å². The van der Waals surface area contributed by atoms with Gasteiger partial charge in [-0.2, -0.15) is 0 Å². The van der Waals surface area contributed by atoms with Crippen molar-refractivity contribution in [3.8, 4) is 0 Å². The summed E-state index contributed by atoms with van der Waals surface area (Å²) in [5.41, 5.74) is 2.75. The van der Waals surface area contributed by atoms with Gasteiger partial charge in [0.05, 0.1) is 18.2 Å². The van der Waals surface area contributed by atoms with Gasteiger partial charge in [0.15, 0.2) is 0 Å². The van der Waals surface area contributed by atoms with E-state index in [1.165, 1.54) is 0 Å². The van der Waals surface area contributed by atoms with Crippen molar-refractivity contribution < 1.29 is 9.53 Å². The molecular formula is C18H26N2O2. The van der Waals surface area contributed by atoms with Crippen LogP contribution in [0.5, 0.6) is 0 Å². The van der Waals surface area contributed by atoms with Crippen molar-refractivity contribution in [2.24, 2.45) is 0 Å². The van der Waals surface area contributed by atoms with E-state index in [9.17, 15) is 4.79 Å². The van der Waals surface area contributed by atoms with Crippen LogP contribution in [0.25, 0.3) is 5.57 Å². The van der Waals surface area contributed by atoms with Crippen LogP contribution in [-0.4, -0.2) is 36.7 Å². The highest BCUT2D eigenvalue weighted by Gasteiger charge is 2.28. The monoisotopic (exact) mass is 302 g/mol. The van der Waals surface area contributed by atoms with Gasteiger partial charge in [0, 0.05) is 13.1 Å². The molecule has 1 saturated heterocycles. The van der Waals surface area contributed by atoms with Gasteiger partial charge in [-0.25, -0.2) is 4.79 Å². The van der Waals surface area contributed by atoms with Crippen LogP contribution in [0.1, 0.15) is 38.8 Å². The molecule has 0 saturated carbocycles. The fourth-order valence-corrected chi connectivity index (χ4v) is 2.59. The van der Waals surface area contributed by atoms with Crippen LogP contribution in [0, 0.1) is 0 Å². The number of carbonyl (C=O) groups excluding carboxylic acids is 1. The number of nitrogens with one attached hydrogen (secondary N) is 1. The van der Waals surface area contributed by atoms with Gasteiger partial charge in [0.25, 0.3) is 0 Å². The van der Waals surface area contributed by atoms with Crippen LogP contribution in [0.2, 0.25) is 0 Å². The standard InChI is InChI=1S/C18H26N2O2/c1-13(2)15-7-6-8-16(11-15)18(4,5)19-17(21)20-9-10-22-14(3)12-20/h6-8,11,14H,1,9-10,12H2,2-5H3,(H,19,21). The summed E-state index contributed by atoms with van der Waals surface area (Å²) in [6.07, 6.45) is 0.0920. The lowest BCUT2D eigenvalue weighted by molar-refractivity contribution is -0.00448. The lowest BCUT2D eigenvalue weighted by Crippen LogP contribution is -2.53.